The van der Waals surface area contributed by atoms with Crippen molar-refractivity contribution in [3.63, 3.8) is 0 Å². The van der Waals surface area contributed by atoms with Gasteiger partial charge in [-0.05, 0) is 24.6 Å². The number of para-hydroxylation sites is 1. The van der Waals surface area contributed by atoms with Gasteiger partial charge in [0.25, 0.3) is 5.91 Å². The standard InChI is InChI=1S/C17H15N3O2/c1-13(22-19-12-14-7-3-2-4-8-14)17(21)20-16-10-6-5-9-15(16)11-18/h2-10,12-13H,1H3,(H,20,21)/b19-12-/t13-/m0/s1. The summed E-state index contributed by atoms with van der Waals surface area (Å²) in [5, 5.41) is 15.4. The molecule has 2 aromatic carbocycles. The second-order valence-electron chi connectivity index (χ2n) is 4.54. The van der Waals surface area contributed by atoms with Crippen molar-refractivity contribution in [2.75, 3.05) is 5.32 Å². The molecule has 0 aliphatic heterocycles. The maximum Gasteiger partial charge on any atom is 0.268 e. The summed E-state index contributed by atoms with van der Waals surface area (Å²) in [5.41, 5.74) is 1.73. The van der Waals surface area contributed by atoms with Crippen LogP contribution in [0.25, 0.3) is 0 Å². The van der Waals surface area contributed by atoms with Crippen LogP contribution in [0.4, 0.5) is 5.69 Å². The first-order valence-corrected chi connectivity index (χ1v) is 6.75. The van der Waals surface area contributed by atoms with Crippen LogP contribution < -0.4 is 5.32 Å². The highest BCUT2D eigenvalue weighted by molar-refractivity contribution is 5.95. The molecule has 0 saturated carbocycles. The SMILES string of the molecule is C[C@H](O/N=C\c1ccccc1)C(=O)Nc1ccccc1C#N. The van der Waals surface area contributed by atoms with E-state index in [4.69, 9.17) is 10.1 Å². The average Bonchev–Trinajstić information content (AvgIpc) is 2.56. The Kier molecular flexibility index (Phi) is 5.27. The number of hydrogen-bond donors (Lipinski definition) is 1. The molecule has 1 amide bonds. The molecule has 0 radical (unpaired) electrons. The predicted molar refractivity (Wildman–Crippen MR) is 84.4 cm³/mol. The summed E-state index contributed by atoms with van der Waals surface area (Å²) in [4.78, 5) is 17.1. The summed E-state index contributed by atoms with van der Waals surface area (Å²) in [6.07, 6.45) is 0.763. The molecule has 0 bridgehead atoms. The lowest BCUT2D eigenvalue weighted by Gasteiger charge is -2.11. The fourth-order valence-electron chi connectivity index (χ4n) is 1.69. The number of benzene rings is 2. The molecule has 2 aromatic rings. The van der Waals surface area contributed by atoms with Gasteiger partial charge in [-0.15, -0.1) is 0 Å². The van der Waals surface area contributed by atoms with Gasteiger partial charge in [0, 0.05) is 0 Å². The highest BCUT2D eigenvalue weighted by Gasteiger charge is 2.15. The van der Waals surface area contributed by atoms with E-state index >= 15 is 0 Å². The van der Waals surface area contributed by atoms with Gasteiger partial charge in [0.05, 0.1) is 17.5 Å². The second-order valence-corrected chi connectivity index (χ2v) is 4.54. The Labute approximate surface area is 128 Å². The number of oxime groups is 1. The third kappa shape index (κ3) is 4.18. The van der Waals surface area contributed by atoms with Crippen LogP contribution in [0, 0.1) is 11.3 Å². The minimum Gasteiger partial charge on any atom is -0.383 e. The normalized spacial score (nSPS) is 11.6. The number of amides is 1. The van der Waals surface area contributed by atoms with Gasteiger partial charge in [-0.2, -0.15) is 5.26 Å². The number of nitriles is 1. The number of nitrogens with one attached hydrogen (secondary N) is 1. The Bertz CT molecular complexity index is 705. The van der Waals surface area contributed by atoms with Crippen molar-refractivity contribution >= 4 is 17.8 Å². The van der Waals surface area contributed by atoms with Crippen LogP contribution in [0.3, 0.4) is 0 Å². The van der Waals surface area contributed by atoms with Gasteiger partial charge < -0.3 is 10.2 Å². The lowest BCUT2D eigenvalue weighted by atomic mass is 10.2. The lowest BCUT2D eigenvalue weighted by Crippen LogP contribution is -2.26. The number of rotatable bonds is 5. The summed E-state index contributed by atoms with van der Waals surface area (Å²) in [6, 6.07) is 18.2. The molecule has 2 rings (SSSR count). The zero-order valence-electron chi connectivity index (χ0n) is 12.1. The van der Waals surface area contributed by atoms with Gasteiger partial charge in [0.2, 0.25) is 6.10 Å². The molecule has 110 valence electrons. The highest BCUT2D eigenvalue weighted by Crippen LogP contribution is 2.14. The number of nitrogens with zero attached hydrogens (tertiary/aromatic N) is 2. The van der Waals surface area contributed by atoms with Gasteiger partial charge in [-0.1, -0.05) is 47.6 Å². The number of anilines is 1. The Balaban J connectivity index is 1.93. The van der Waals surface area contributed by atoms with Gasteiger partial charge >= 0.3 is 0 Å². The van der Waals surface area contributed by atoms with Crippen LogP contribution in [-0.2, 0) is 9.63 Å². The minimum atomic E-state index is -0.772. The number of carbonyl (C=O) groups excluding carboxylic acids is 1. The molecule has 0 unspecified atom stereocenters. The van der Waals surface area contributed by atoms with E-state index in [1.807, 2.05) is 36.4 Å². The van der Waals surface area contributed by atoms with E-state index in [1.54, 1.807) is 31.2 Å². The van der Waals surface area contributed by atoms with Crippen molar-refractivity contribution in [2.45, 2.75) is 13.0 Å². The molecule has 0 aliphatic rings. The minimum absolute atomic E-state index is 0.368. The van der Waals surface area contributed by atoms with E-state index in [1.165, 1.54) is 6.21 Å². The smallest absolute Gasteiger partial charge is 0.268 e. The van der Waals surface area contributed by atoms with Gasteiger partial charge in [0.15, 0.2) is 0 Å². The average molecular weight is 293 g/mol. The van der Waals surface area contributed by atoms with Crippen LogP contribution in [0.2, 0.25) is 0 Å². The fraction of sp³-hybridized carbons (Fsp3) is 0.118. The Morgan fingerprint density at radius 3 is 2.64 bits per heavy atom. The largest absolute Gasteiger partial charge is 0.383 e. The number of hydrogen-bond acceptors (Lipinski definition) is 4. The summed E-state index contributed by atoms with van der Waals surface area (Å²) in [5.74, 6) is -0.368. The van der Waals surface area contributed by atoms with Crippen molar-refractivity contribution < 1.29 is 9.63 Å². The zero-order chi connectivity index (χ0) is 15.8. The molecule has 1 N–H and O–H groups in total. The summed E-state index contributed by atoms with van der Waals surface area (Å²) >= 11 is 0. The molecule has 1 atom stereocenters. The van der Waals surface area contributed by atoms with Crippen LogP contribution in [0.15, 0.2) is 59.8 Å². The molecule has 0 saturated heterocycles. The maximum atomic E-state index is 12.0. The van der Waals surface area contributed by atoms with E-state index < -0.39 is 6.10 Å². The predicted octanol–water partition coefficient (Wildman–Crippen LogP) is 2.94. The molecule has 0 heterocycles. The topological polar surface area (TPSA) is 74.5 Å². The first kappa shape index (κ1) is 15.3. The van der Waals surface area contributed by atoms with E-state index in [0.29, 0.717) is 11.3 Å². The van der Waals surface area contributed by atoms with E-state index in [0.717, 1.165) is 5.56 Å². The third-order valence-corrected chi connectivity index (χ3v) is 2.89. The van der Waals surface area contributed by atoms with Crippen molar-refractivity contribution in [3.05, 3.63) is 65.7 Å². The van der Waals surface area contributed by atoms with Crippen LogP contribution >= 0.6 is 0 Å². The molecular weight excluding hydrogens is 278 g/mol. The van der Waals surface area contributed by atoms with Crippen molar-refractivity contribution in [1.82, 2.24) is 0 Å². The lowest BCUT2D eigenvalue weighted by molar-refractivity contribution is -0.126. The van der Waals surface area contributed by atoms with E-state index in [-0.39, 0.29) is 5.91 Å². The number of carbonyl (C=O) groups is 1. The zero-order valence-corrected chi connectivity index (χ0v) is 12.1. The molecule has 0 aromatic heterocycles. The molecule has 0 spiro atoms. The molecule has 5 heteroatoms. The van der Waals surface area contributed by atoms with E-state index in [2.05, 4.69) is 10.5 Å². The summed E-state index contributed by atoms with van der Waals surface area (Å²) in [6.45, 7) is 1.59. The van der Waals surface area contributed by atoms with Gasteiger partial charge in [0.1, 0.15) is 6.07 Å². The first-order valence-electron chi connectivity index (χ1n) is 6.75. The molecule has 0 aliphatic carbocycles. The molecule has 5 nitrogen and oxygen atoms in total. The van der Waals surface area contributed by atoms with E-state index in [9.17, 15) is 4.79 Å². The van der Waals surface area contributed by atoms with Gasteiger partial charge in [-0.25, -0.2) is 0 Å². The maximum absolute atomic E-state index is 12.0. The second kappa shape index (κ2) is 7.60. The molecule has 22 heavy (non-hydrogen) atoms. The first-order chi connectivity index (χ1) is 10.7. The highest BCUT2D eigenvalue weighted by atomic mass is 16.6. The Morgan fingerprint density at radius 1 is 1.23 bits per heavy atom. The third-order valence-electron chi connectivity index (χ3n) is 2.89. The Morgan fingerprint density at radius 2 is 1.91 bits per heavy atom. The Hall–Kier alpha value is -3.13. The molecule has 0 fully saturated rings. The quantitative estimate of drug-likeness (QED) is 0.680. The van der Waals surface area contributed by atoms with Crippen LogP contribution in [0.5, 0.6) is 0 Å². The van der Waals surface area contributed by atoms with Gasteiger partial charge in [-0.3, -0.25) is 4.79 Å². The van der Waals surface area contributed by atoms with Crippen LogP contribution in [0.1, 0.15) is 18.1 Å². The van der Waals surface area contributed by atoms with Crippen molar-refractivity contribution in [1.29, 1.82) is 5.26 Å². The fourth-order valence-corrected chi connectivity index (χ4v) is 1.69. The summed E-state index contributed by atoms with van der Waals surface area (Å²) in [7, 11) is 0. The van der Waals surface area contributed by atoms with Crippen LogP contribution in [-0.4, -0.2) is 18.2 Å². The summed E-state index contributed by atoms with van der Waals surface area (Å²) < 4.78 is 0. The molecular formula is C17H15N3O2. The van der Waals surface area contributed by atoms with Crippen molar-refractivity contribution in [3.8, 4) is 6.07 Å². The monoisotopic (exact) mass is 293 g/mol. The van der Waals surface area contributed by atoms with Crippen molar-refractivity contribution in [2.24, 2.45) is 5.16 Å².